The molecule has 3 unspecified atom stereocenters. The summed E-state index contributed by atoms with van der Waals surface area (Å²) in [6.07, 6.45) is 1.09. The van der Waals surface area contributed by atoms with E-state index in [1.165, 1.54) is 0 Å². The Morgan fingerprint density at radius 1 is 1.29 bits per heavy atom. The van der Waals surface area contributed by atoms with Crippen LogP contribution in [0.25, 0.3) is 0 Å². The van der Waals surface area contributed by atoms with E-state index in [1.54, 1.807) is 20.0 Å². The molecule has 2 N–H and O–H groups in total. The minimum Gasteiger partial charge on any atom is -0.381 e. The molecule has 28 heavy (non-hydrogen) atoms. The molecule has 3 atom stereocenters. The SMILES string of the molecule is CN=C(NCC(C1CCOC1)N1CCOCC1)NC(C)c1ccc(C)c(F)c1. The summed E-state index contributed by atoms with van der Waals surface area (Å²) in [6, 6.07) is 5.70. The van der Waals surface area contributed by atoms with Crippen molar-refractivity contribution in [3.8, 4) is 0 Å². The van der Waals surface area contributed by atoms with Crippen LogP contribution in [0.4, 0.5) is 4.39 Å². The van der Waals surface area contributed by atoms with Gasteiger partial charge in [0.15, 0.2) is 5.96 Å². The lowest BCUT2D eigenvalue weighted by Gasteiger charge is -2.37. The summed E-state index contributed by atoms with van der Waals surface area (Å²) in [4.78, 5) is 6.87. The Labute approximate surface area is 167 Å². The Kier molecular flexibility index (Phi) is 7.65. The van der Waals surface area contributed by atoms with E-state index >= 15 is 0 Å². The van der Waals surface area contributed by atoms with Gasteiger partial charge in [-0.1, -0.05) is 12.1 Å². The van der Waals surface area contributed by atoms with E-state index in [4.69, 9.17) is 9.47 Å². The Hall–Kier alpha value is -1.70. The predicted molar refractivity (Wildman–Crippen MR) is 109 cm³/mol. The van der Waals surface area contributed by atoms with Crippen LogP contribution in [0.3, 0.4) is 0 Å². The molecular formula is C21H33FN4O2. The molecular weight excluding hydrogens is 359 g/mol. The smallest absolute Gasteiger partial charge is 0.191 e. The highest BCUT2D eigenvalue weighted by Gasteiger charge is 2.31. The molecule has 2 saturated heterocycles. The van der Waals surface area contributed by atoms with Crippen LogP contribution < -0.4 is 10.6 Å². The van der Waals surface area contributed by atoms with Crippen molar-refractivity contribution in [1.82, 2.24) is 15.5 Å². The van der Waals surface area contributed by atoms with Crippen molar-refractivity contribution >= 4 is 5.96 Å². The van der Waals surface area contributed by atoms with Crippen molar-refractivity contribution in [3.05, 3.63) is 35.1 Å². The summed E-state index contributed by atoms with van der Waals surface area (Å²) in [6.45, 7) is 9.71. The predicted octanol–water partition coefficient (Wildman–Crippen LogP) is 2.10. The molecule has 0 saturated carbocycles. The molecule has 2 heterocycles. The molecule has 2 aliphatic rings. The molecule has 1 aromatic rings. The molecule has 0 aromatic heterocycles. The number of ether oxygens (including phenoxy) is 2. The minimum absolute atomic E-state index is 0.0436. The molecule has 156 valence electrons. The minimum atomic E-state index is -0.178. The third kappa shape index (κ3) is 5.43. The lowest BCUT2D eigenvalue weighted by Crippen LogP contribution is -2.53. The van der Waals surface area contributed by atoms with Crippen molar-refractivity contribution in [2.24, 2.45) is 10.9 Å². The number of rotatable bonds is 6. The van der Waals surface area contributed by atoms with Gasteiger partial charge in [-0.3, -0.25) is 9.89 Å². The number of halogens is 1. The van der Waals surface area contributed by atoms with E-state index in [0.29, 0.717) is 17.5 Å². The van der Waals surface area contributed by atoms with Crippen molar-refractivity contribution < 1.29 is 13.9 Å². The largest absolute Gasteiger partial charge is 0.381 e. The second-order valence-corrected chi connectivity index (χ2v) is 7.67. The van der Waals surface area contributed by atoms with Crippen molar-refractivity contribution in [1.29, 1.82) is 0 Å². The van der Waals surface area contributed by atoms with Crippen LogP contribution in [0.5, 0.6) is 0 Å². The van der Waals surface area contributed by atoms with E-state index in [0.717, 1.165) is 64.0 Å². The summed E-state index contributed by atoms with van der Waals surface area (Å²) in [5, 5.41) is 6.85. The van der Waals surface area contributed by atoms with Gasteiger partial charge in [-0.2, -0.15) is 0 Å². The van der Waals surface area contributed by atoms with E-state index in [2.05, 4.69) is 20.5 Å². The van der Waals surface area contributed by atoms with Gasteiger partial charge in [0.1, 0.15) is 5.82 Å². The number of nitrogens with one attached hydrogen (secondary N) is 2. The molecule has 0 spiro atoms. The number of morpholine rings is 1. The normalized spacial score (nSPS) is 23.4. The standard InChI is InChI=1S/C21H33FN4O2/c1-15-4-5-17(12-19(15)22)16(2)25-21(23-3)24-13-20(18-6-9-28-14-18)26-7-10-27-11-8-26/h4-5,12,16,18,20H,6-11,13-14H2,1-3H3,(H2,23,24,25). The van der Waals surface area contributed by atoms with Gasteiger partial charge in [-0.25, -0.2) is 4.39 Å². The average molecular weight is 393 g/mol. The van der Waals surface area contributed by atoms with Gasteiger partial charge in [0.05, 0.1) is 25.9 Å². The van der Waals surface area contributed by atoms with Gasteiger partial charge in [-0.15, -0.1) is 0 Å². The number of benzene rings is 1. The summed E-state index contributed by atoms with van der Waals surface area (Å²) in [7, 11) is 1.76. The van der Waals surface area contributed by atoms with Gasteiger partial charge in [0.25, 0.3) is 0 Å². The Balaban J connectivity index is 1.59. The summed E-state index contributed by atoms with van der Waals surface area (Å²) < 4.78 is 25.0. The molecule has 0 aliphatic carbocycles. The maximum Gasteiger partial charge on any atom is 0.191 e. The van der Waals surface area contributed by atoms with E-state index in [1.807, 2.05) is 19.1 Å². The van der Waals surface area contributed by atoms with Crippen molar-refractivity contribution in [2.45, 2.75) is 32.4 Å². The van der Waals surface area contributed by atoms with Gasteiger partial charge in [-0.05, 0) is 37.5 Å². The Morgan fingerprint density at radius 2 is 2.07 bits per heavy atom. The fourth-order valence-corrected chi connectivity index (χ4v) is 3.92. The summed E-state index contributed by atoms with van der Waals surface area (Å²) in [5.41, 5.74) is 1.56. The zero-order chi connectivity index (χ0) is 19.9. The highest BCUT2D eigenvalue weighted by atomic mass is 19.1. The molecule has 7 heteroatoms. The highest BCUT2D eigenvalue weighted by Crippen LogP contribution is 2.22. The lowest BCUT2D eigenvalue weighted by atomic mass is 9.97. The first-order chi connectivity index (χ1) is 13.6. The first-order valence-corrected chi connectivity index (χ1v) is 10.2. The monoisotopic (exact) mass is 392 g/mol. The summed E-state index contributed by atoms with van der Waals surface area (Å²) in [5.74, 6) is 1.07. The maximum absolute atomic E-state index is 13.9. The Morgan fingerprint density at radius 3 is 2.71 bits per heavy atom. The van der Waals surface area contributed by atoms with Crippen LogP contribution in [-0.4, -0.2) is 70.0 Å². The van der Waals surface area contributed by atoms with Gasteiger partial charge in [0, 0.05) is 45.2 Å². The van der Waals surface area contributed by atoms with Gasteiger partial charge >= 0.3 is 0 Å². The fourth-order valence-electron chi connectivity index (χ4n) is 3.92. The summed E-state index contributed by atoms with van der Waals surface area (Å²) >= 11 is 0. The van der Waals surface area contributed by atoms with Gasteiger partial charge in [0.2, 0.25) is 0 Å². The first-order valence-electron chi connectivity index (χ1n) is 10.2. The van der Waals surface area contributed by atoms with Crippen molar-refractivity contribution in [2.75, 3.05) is 53.1 Å². The third-order valence-electron chi connectivity index (χ3n) is 5.78. The number of hydrogen-bond donors (Lipinski definition) is 2. The van der Waals surface area contributed by atoms with Crippen LogP contribution >= 0.6 is 0 Å². The number of aliphatic imine (C=N–C) groups is 1. The van der Waals surface area contributed by atoms with Crippen LogP contribution in [0.15, 0.2) is 23.2 Å². The molecule has 2 fully saturated rings. The fraction of sp³-hybridized carbons (Fsp3) is 0.667. The highest BCUT2D eigenvalue weighted by molar-refractivity contribution is 5.80. The zero-order valence-corrected chi connectivity index (χ0v) is 17.2. The number of guanidine groups is 1. The number of nitrogens with zero attached hydrogens (tertiary/aromatic N) is 2. The molecule has 0 bridgehead atoms. The molecule has 1 aromatic carbocycles. The van der Waals surface area contributed by atoms with Crippen LogP contribution in [-0.2, 0) is 9.47 Å². The average Bonchev–Trinajstić information content (AvgIpc) is 3.24. The van der Waals surface area contributed by atoms with Crippen LogP contribution in [0.2, 0.25) is 0 Å². The number of aryl methyl sites for hydroxylation is 1. The first kappa shape index (κ1) is 21.0. The molecule has 0 radical (unpaired) electrons. The second-order valence-electron chi connectivity index (χ2n) is 7.67. The Bertz CT molecular complexity index is 658. The van der Waals surface area contributed by atoms with Crippen molar-refractivity contribution in [3.63, 3.8) is 0 Å². The van der Waals surface area contributed by atoms with Gasteiger partial charge < -0.3 is 20.1 Å². The molecule has 3 rings (SSSR count). The maximum atomic E-state index is 13.9. The topological polar surface area (TPSA) is 58.1 Å². The molecule has 6 nitrogen and oxygen atoms in total. The second kappa shape index (κ2) is 10.2. The van der Waals surface area contributed by atoms with E-state index < -0.39 is 0 Å². The number of hydrogen-bond acceptors (Lipinski definition) is 4. The van der Waals surface area contributed by atoms with Crippen LogP contribution in [0, 0.1) is 18.7 Å². The third-order valence-corrected chi connectivity index (χ3v) is 5.78. The van der Waals surface area contributed by atoms with E-state index in [9.17, 15) is 4.39 Å². The quantitative estimate of drug-likeness (QED) is 0.574. The van der Waals surface area contributed by atoms with Crippen LogP contribution in [0.1, 0.15) is 30.5 Å². The lowest BCUT2D eigenvalue weighted by molar-refractivity contribution is 0.00246. The van der Waals surface area contributed by atoms with E-state index in [-0.39, 0.29) is 11.9 Å². The zero-order valence-electron chi connectivity index (χ0n) is 17.2. The molecule has 0 amide bonds. The molecule has 2 aliphatic heterocycles.